The van der Waals surface area contributed by atoms with Gasteiger partial charge in [0.05, 0.1) is 13.7 Å². The molecule has 1 aliphatic heterocycles. The molecule has 0 atom stereocenters. The van der Waals surface area contributed by atoms with Gasteiger partial charge in [0.2, 0.25) is 5.91 Å². The van der Waals surface area contributed by atoms with E-state index in [1.165, 1.54) is 16.7 Å². The zero-order chi connectivity index (χ0) is 22.6. The van der Waals surface area contributed by atoms with Crippen molar-refractivity contribution >= 4 is 23.0 Å². The Hall–Kier alpha value is -3.64. The number of aromatic nitrogens is 1. The van der Waals surface area contributed by atoms with Gasteiger partial charge in [-0.25, -0.2) is 4.98 Å². The van der Waals surface area contributed by atoms with Crippen molar-refractivity contribution in [3.05, 3.63) is 89.6 Å². The molecular formula is C27H28N4O2. The molecule has 1 saturated heterocycles. The van der Waals surface area contributed by atoms with Gasteiger partial charge in [-0.1, -0.05) is 30.3 Å². The van der Waals surface area contributed by atoms with Crippen LogP contribution in [0, 0.1) is 0 Å². The van der Waals surface area contributed by atoms with Gasteiger partial charge < -0.3 is 15.0 Å². The van der Waals surface area contributed by atoms with Crippen LogP contribution in [-0.2, 0) is 11.2 Å². The predicted octanol–water partition coefficient (Wildman–Crippen LogP) is 3.84. The standard InChI is InChI=1S/C27H28N4O2/c1-33-23-10-6-20(7-11-23)24-12-8-21-5-9-22(18-25(21)24)29-27(32)19-30-14-16-31(17-15-30)26-4-2-3-13-28-26/h2-7,9-13,18H,8,14-17,19H2,1H3,(H,29,32). The molecule has 3 aromatic rings. The summed E-state index contributed by atoms with van der Waals surface area (Å²) in [4.78, 5) is 21.6. The van der Waals surface area contributed by atoms with E-state index in [4.69, 9.17) is 4.74 Å². The minimum absolute atomic E-state index is 0.0224. The molecule has 0 radical (unpaired) electrons. The van der Waals surface area contributed by atoms with Crippen molar-refractivity contribution in [1.29, 1.82) is 0 Å². The number of piperazine rings is 1. The van der Waals surface area contributed by atoms with E-state index in [2.05, 4.69) is 50.4 Å². The summed E-state index contributed by atoms with van der Waals surface area (Å²) in [5.74, 6) is 1.87. The van der Waals surface area contributed by atoms with Gasteiger partial charge in [-0.05, 0) is 65.1 Å². The first kappa shape index (κ1) is 21.2. The fraction of sp³-hybridized carbons (Fsp3) is 0.259. The maximum atomic E-state index is 12.7. The number of nitrogens with one attached hydrogen (secondary N) is 1. The van der Waals surface area contributed by atoms with Crippen LogP contribution in [0.5, 0.6) is 5.75 Å². The van der Waals surface area contributed by atoms with Crippen LogP contribution in [0.1, 0.15) is 16.7 Å². The molecular weight excluding hydrogens is 412 g/mol. The molecule has 0 saturated carbocycles. The number of nitrogens with zero attached hydrogens (tertiary/aromatic N) is 3. The molecule has 33 heavy (non-hydrogen) atoms. The lowest BCUT2D eigenvalue weighted by molar-refractivity contribution is -0.117. The van der Waals surface area contributed by atoms with Crippen molar-refractivity contribution in [1.82, 2.24) is 9.88 Å². The van der Waals surface area contributed by atoms with E-state index in [9.17, 15) is 4.79 Å². The molecule has 2 aromatic carbocycles. The minimum Gasteiger partial charge on any atom is -0.497 e. The van der Waals surface area contributed by atoms with Crippen molar-refractivity contribution in [3.8, 4) is 5.75 Å². The van der Waals surface area contributed by atoms with E-state index < -0.39 is 0 Å². The molecule has 6 nitrogen and oxygen atoms in total. The SMILES string of the molecule is COc1ccc(C2=CCc3ccc(NC(=O)CN4CCN(c5ccccn5)CC4)cc32)cc1. The number of methoxy groups -OCH3 is 1. The average Bonchev–Trinajstić information content (AvgIpc) is 3.28. The zero-order valence-electron chi connectivity index (χ0n) is 18.8. The average molecular weight is 441 g/mol. The third kappa shape index (κ3) is 4.76. The van der Waals surface area contributed by atoms with Crippen molar-refractivity contribution in [3.63, 3.8) is 0 Å². The Balaban J connectivity index is 1.19. The second-order valence-electron chi connectivity index (χ2n) is 8.42. The summed E-state index contributed by atoms with van der Waals surface area (Å²) in [5.41, 5.74) is 5.66. The molecule has 168 valence electrons. The second-order valence-corrected chi connectivity index (χ2v) is 8.42. The number of carbonyl (C=O) groups excluding carboxylic acids is 1. The normalized spacial score (nSPS) is 15.7. The first-order valence-electron chi connectivity index (χ1n) is 11.4. The molecule has 2 heterocycles. The lowest BCUT2D eigenvalue weighted by Gasteiger charge is -2.34. The van der Waals surface area contributed by atoms with Crippen LogP contribution in [0.4, 0.5) is 11.5 Å². The third-order valence-corrected chi connectivity index (χ3v) is 6.32. The van der Waals surface area contributed by atoms with Crippen molar-refractivity contribution < 1.29 is 9.53 Å². The van der Waals surface area contributed by atoms with Crippen LogP contribution in [0.15, 0.2) is 72.9 Å². The van der Waals surface area contributed by atoms with Crippen LogP contribution in [0.3, 0.4) is 0 Å². The lowest BCUT2D eigenvalue weighted by Crippen LogP contribution is -2.48. The number of benzene rings is 2. The topological polar surface area (TPSA) is 57.7 Å². The van der Waals surface area contributed by atoms with Crippen LogP contribution in [-0.4, -0.2) is 55.6 Å². The summed E-state index contributed by atoms with van der Waals surface area (Å²) < 4.78 is 5.28. The van der Waals surface area contributed by atoms with Gasteiger partial charge in [0.25, 0.3) is 0 Å². The molecule has 1 amide bonds. The fourth-order valence-corrected chi connectivity index (χ4v) is 4.53. The fourth-order valence-electron chi connectivity index (χ4n) is 4.53. The highest BCUT2D eigenvalue weighted by molar-refractivity contribution is 5.94. The first-order valence-corrected chi connectivity index (χ1v) is 11.4. The second kappa shape index (κ2) is 9.46. The van der Waals surface area contributed by atoms with Gasteiger partial charge >= 0.3 is 0 Å². The smallest absolute Gasteiger partial charge is 0.238 e. The Morgan fingerprint density at radius 2 is 1.85 bits per heavy atom. The van der Waals surface area contributed by atoms with E-state index in [-0.39, 0.29) is 5.91 Å². The summed E-state index contributed by atoms with van der Waals surface area (Å²) in [6.45, 7) is 3.84. The Kier molecular flexibility index (Phi) is 6.09. The van der Waals surface area contributed by atoms with Gasteiger partial charge in [-0.3, -0.25) is 9.69 Å². The quantitative estimate of drug-likeness (QED) is 0.631. The Bertz CT molecular complexity index is 1150. The number of pyridine rings is 1. The Morgan fingerprint density at radius 1 is 1.03 bits per heavy atom. The van der Waals surface area contributed by atoms with Crippen LogP contribution in [0.25, 0.3) is 5.57 Å². The Morgan fingerprint density at radius 3 is 2.58 bits per heavy atom. The van der Waals surface area contributed by atoms with Crippen molar-refractivity contribution in [2.75, 3.05) is 50.1 Å². The number of rotatable bonds is 6. The largest absolute Gasteiger partial charge is 0.497 e. The van der Waals surface area contributed by atoms with E-state index in [1.807, 2.05) is 42.6 Å². The molecule has 1 aliphatic carbocycles. The zero-order valence-corrected chi connectivity index (χ0v) is 18.8. The number of hydrogen-bond donors (Lipinski definition) is 1. The monoisotopic (exact) mass is 440 g/mol. The number of carbonyl (C=O) groups is 1. The molecule has 2 aliphatic rings. The highest BCUT2D eigenvalue weighted by Gasteiger charge is 2.21. The molecule has 0 bridgehead atoms. The number of fused-ring (bicyclic) bond motifs is 1. The number of anilines is 2. The van der Waals surface area contributed by atoms with Gasteiger partial charge in [-0.15, -0.1) is 0 Å². The number of amides is 1. The number of ether oxygens (including phenoxy) is 1. The number of allylic oxidation sites excluding steroid dienone is 1. The van der Waals surface area contributed by atoms with E-state index in [1.54, 1.807) is 7.11 Å². The highest BCUT2D eigenvalue weighted by atomic mass is 16.5. The predicted molar refractivity (Wildman–Crippen MR) is 132 cm³/mol. The first-order chi connectivity index (χ1) is 16.2. The summed E-state index contributed by atoms with van der Waals surface area (Å²) in [6, 6.07) is 20.3. The van der Waals surface area contributed by atoms with Gasteiger partial charge in [0, 0.05) is 38.1 Å². The highest BCUT2D eigenvalue weighted by Crippen LogP contribution is 2.35. The maximum Gasteiger partial charge on any atom is 0.238 e. The molecule has 5 rings (SSSR count). The molecule has 1 N–H and O–H groups in total. The third-order valence-electron chi connectivity index (χ3n) is 6.32. The van der Waals surface area contributed by atoms with E-state index >= 15 is 0 Å². The molecule has 6 heteroatoms. The lowest BCUT2D eigenvalue weighted by atomic mass is 9.98. The number of hydrogen-bond acceptors (Lipinski definition) is 5. The summed E-state index contributed by atoms with van der Waals surface area (Å²) in [6.07, 6.45) is 4.98. The Labute approximate surface area is 194 Å². The maximum absolute atomic E-state index is 12.7. The van der Waals surface area contributed by atoms with Crippen molar-refractivity contribution in [2.45, 2.75) is 6.42 Å². The van der Waals surface area contributed by atoms with Gasteiger partial charge in [0.15, 0.2) is 0 Å². The van der Waals surface area contributed by atoms with E-state index in [0.29, 0.717) is 6.54 Å². The molecule has 0 unspecified atom stereocenters. The summed E-state index contributed by atoms with van der Waals surface area (Å²) >= 11 is 0. The molecule has 1 aromatic heterocycles. The summed E-state index contributed by atoms with van der Waals surface area (Å²) in [5, 5.41) is 3.10. The van der Waals surface area contributed by atoms with Crippen LogP contribution < -0.4 is 15.0 Å². The van der Waals surface area contributed by atoms with Crippen LogP contribution >= 0.6 is 0 Å². The van der Waals surface area contributed by atoms with Crippen LogP contribution in [0.2, 0.25) is 0 Å². The van der Waals surface area contributed by atoms with Gasteiger partial charge in [0.1, 0.15) is 11.6 Å². The minimum atomic E-state index is 0.0224. The van der Waals surface area contributed by atoms with Gasteiger partial charge in [-0.2, -0.15) is 0 Å². The molecule has 1 fully saturated rings. The van der Waals surface area contributed by atoms with E-state index in [0.717, 1.165) is 55.4 Å². The molecule has 0 spiro atoms. The van der Waals surface area contributed by atoms with Crippen molar-refractivity contribution in [2.24, 2.45) is 0 Å². The summed E-state index contributed by atoms with van der Waals surface area (Å²) in [7, 11) is 1.68.